The van der Waals surface area contributed by atoms with E-state index in [9.17, 15) is 14.0 Å². The van der Waals surface area contributed by atoms with Crippen LogP contribution >= 0.6 is 11.3 Å². The fourth-order valence-electron chi connectivity index (χ4n) is 3.02. The number of furan rings is 1. The second-order valence-electron chi connectivity index (χ2n) is 6.04. The van der Waals surface area contributed by atoms with E-state index in [-0.39, 0.29) is 22.7 Å². The molecular formula is C18H15FN4O3S. The summed E-state index contributed by atoms with van der Waals surface area (Å²) >= 11 is 1.13. The van der Waals surface area contributed by atoms with Crippen molar-refractivity contribution < 1.29 is 18.4 Å². The maximum atomic E-state index is 13.2. The number of carbonyl (C=O) groups is 2. The third-order valence-corrected chi connectivity index (χ3v) is 5.27. The maximum absolute atomic E-state index is 13.2. The summed E-state index contributed by atoms with van der Waals surface area (Å²) in [6.07, 6.45) is 3.03. The molecule has 0 bridgehead atoms. The van der Waals surface area contributed by atoms with E-state index in [2.05, 4.69) is 15.5 Å². The summed E-state index contributed by atoms with van der Waals surface area (Å²) in [5.74, 6) is -0.839. The number of hydrogen-bond acceptors (Lipinski definition) is 6. The topological polar surface area (TPSA) is 88.3 Å². The lowest BCUT2D eigenvalue weighted by Crippen LogP contribution is -2.30. The molecule has 3 aromatic rings. The van der Waals surface area contributed by atoms with Crippen LogP contribution < -0.4 is 5.32 Å². The number of nitrogens with one attached hydrogen (secondary N) is 1. The normalized spacial score (nSPS) is 16.5. The third kappa shape index (κ3) is 3.59. The molecule has 27 heavy (non-hydrogen) atoms. The second kappa shape index (κ2) is 7.28. The fourth-order valence-corrected chi connectivity index (χ4v) is 3.91. The van der Waals surface area contributed by atoms with Crippen molar-refractivity contribution in [1.82, 2.24) is 15.1 Å². The third-order valence-electron chi connectivity index (χ3n) is 4.25. The van der Waals surface area contributed by atoms with Gasteiger partial charge in [-0.25, -0.2) is 4.39 Å². The molecule has 1 fully saturated rings. The van der Waals surface area contributed by atoms with Gasteiger partial charge in [0.05, 0.1) is 12.3 Å². The predicted molar refractivity (Wildman–Crippen MR) is 96.0 cm³/mol. The van der Waals surface area contributed by atoms with Gasteiger partial charge in [-0.1, -0.05) is 17.4 Å². The second-order valence-corrected chi connectivity index (χ2v) is 7.05. The molecule has 1 aliphatic heterocycles. The van der Waals surface area contributed by atoms with E-state index in [1.165, 1.54) is 24.5 Å². The van der Waals surface area contributed by atoms with E-state index in [0.29, 0.717) is 17.2 Å². The van der Waals surface area contributed by atoms with Crippen LogP contribution in [-0.2, 0) is 0 Å². The quantitative estimate of drug-likeness (QED) is 0.741. The van der Waals surface area contributed by atoms with Gasteiger partial charge in [0.25, 0.3) is 11.8 Å². The molecule has 1 saturated heterocycles. The molecule has 1 N–H and O–H groups in total. The molecule has 0 radical (unpaired) electrons. The van der Waals surface area contributed by atoms with Gasteiger partial charge >= 0.3 is 0 Å². The largest absolute Gasteiger partial charge is 0.459 e. The van der Waals surface area contributed by atoms with E-state index < -0.39 is 11.7 Å². The first-order valence-corrected chi connectivity index (χ1v) is 9.18. The summed E-state index contributed by atoms with van der Waals surface area (Å²) in [7, 11) is 0. The Morgan fingerprint density at radius 2 is 2.15 bits per heavy atom. The monoisotopic (exact) mass is 386 g/mol. The zero-order chi connectivity index (χ0) is 18.8. The lowest BCUT2D eigenvalue weighted by atomic mass is 10.2. The molecule has 7 nitrogen and oxygen atoms in total. The lowest BCUT2D eigenvalue weighted by Gasteiger charge is -2.21. The summed E-state index contributed by atoms with van der Waals surface area (Å²) < 4.78 is 18.4. The number of aromatic nitrogens is 2. The van der Waals surface area contributed by atoms with Crippen LogP contribution in [-0.4, -0.2) is 33.5 Å². The van der Waals surface area contributed by atoms with Gasteiger partial charge in [0.15, 0.2) is 5.76 Å². The zero-order valence-corrected chi connectivity index (χ0v) is 14.9. The number of hydrogen-bond donors (Lipinski definition) is 1. The molecule has 1 aliphatic rings. The highest BCUT2D eigenvalue weighted by Gasteiger charge is 2.34. The Morgan fingerprint density at radius 1 is 1.26 bits per heavy atom. The molecule has 4 rings (SSSR count). The first-order chi connectivity index (χ1) is 13.1. The van der Waals surface area contributed by atoms with Crippen LogP contribution in [0, 0.1) is 5.82 Å². The van der Waals surface area contributed by atoms with Crippen molar-refractivity contribution in [1.29, 1.82) is 0 Å². The van der Waals surface area contributed by atoms with Crippen LogP contribution in [0.4, 0.5) is 10.1 Å². The van der Waals surface area contributed by atoms with Gasteiger partial charge in [0.2, 0.25) is 5.01 Å². The molecule has 0 aliphatic carbocycles. The summed E-state index contributed by atoms with van der Waals surface area (Å²) in [5, 5.41) is 11.4. The minimum absolute atomic E-state index is 0.159. The lowest BCUT2D eigenvalue weighted by molar-refractivity contribution is 0.0702. The Hall–Kier alpha value is -3.07. The number of carbonyl (C=O) groups excluding carboxylic acids is 2. The average Bonchev–Trinajstić information content (AvgIpc) is 3.41. The highest BCUT2D eigenvalue weighted by molar-refractivity contribution is 7.13. The number of rotatable bonds is 4. The van der Waals surface area contributed by atoms with Crippen molar-refractivity contribution in [3.8, 4) is 0 Å². The van der Waals surface area contributed by atoms with Crippen molar-refractivity contribution in [3.05, 3.63) is 64.3 Å². The molecule has 2 aromatic heterocycles. The van der Waals surface area contributed by atoms with Gasteiger partial charge in [0.1, 0.15) is 10.8 Å². The van der Waals surface area contributed by atoms with Crippen LogP contribution in [0.25, 0.3) is 0 Å². The molecule has 9 heteroatoms. The zero-order valence-electron chi connectivity index (χ0n) is 14.1. The SMILES string of the molecule is O=C(Nc1cccc(F)c1)c1nnc([C@H]2CCCN2C(=O)c2ccco2)s1. The van der Waals surface area contributed by atoms with E-state index in [1.54, 1.807) is 23.1 Å². The van der Waals surface area contributed by atoms with E-state index in [1.807, 2.05) is 0 Å². The Kier molecular flexibility index (Phi) is 4.68. The average molecular weight is 386 g/mol. The van der Waals surface area contributed by atoms with Crippen LogP contribution in [0.2, 0.25) is 0 Å². The van der Waals surface area contributed by atoms with Crippen LogP contribution in [0.1, 0.15) is 44.2 Å². The highest BCUT2D eigenvalue weighted by Crippen LogP contribution is 2.34. The number of nitrogens with zero attached hydrogens (tertiary/aromatic N) is 3. The van der Waals surface area contributed by atoms with Gasteiger partial charge in [0, 0.05) is 12.2 Å². The summed E-state index contributed by atoms with van der Waals surface area (Å²) in [6, 6.07) is 8.66. The fraction of sp³-hybridized carbons (Fsp3) is 0.222. The smallest absolute Gasteiger partial charge is 0.290 e. The van der Waals surface area contributed by atoms with Crippen molar-refractivity contribution in [3.63, 3.8) is 0 Å². The highest BCUT2D eigenvalue weighted by atomic mass is 32.1. The van der Waals surface area contributed by atoms with Crippen molar-refractivity contribution in [2.75, 3.05) is 11.9 Å². The van der Waals surface area contributed by atoms with E-state index in [4.69, 9.17) is 4.42 Å². The Balaban J connectivity index is 1.49. The van der Waals surface area contributed by atoms with Gasteiger partial charge in [-0.05, 0) is 43.2 Å². The van der Waals surface area contributed by atoms with Crippen molar-refractivity contribution in [2.45, 2.75) is 18.9 Å². The first kappa shape index (κ1) is 17.3. The van der Waals surface area contributed by atoms with Crippen molar-refractivity contribution in [2.24, 2.45) is 0 Å². The minimum Gasteiger partial charge on any atom is -0.459 e. The molecule has 0 saturated carbocycles. The van der Waals surface area contributed by atoms with E-state index in [0.717, 1.165) is 24.2 Å². The summed E-state index contributed by atoms with van der Waals surface area (Å²) in [6.45, 7) is 0.592. The van der Waals surface area contributed by atoms with Crippen LogP contribution in [0.15, 0.2) is 47.1 Å². The molecule has 138 valence electrons. The number of anilines is 1. The Morgan fingerprint density at radius 3 is 2.93 bits per heavy atom. The molecule has 0 unspecified atom stereocenters. The van der Waals surface area contributed by atoms with E-state index >= 15 is 0 Å². The summed E-state index contributed by atoms with van der Waals surface area (Å²) in [4.78, 5) is 26.6. The first-order valence-electron chi connectivity index (χ1n) is 8.36. The van der Waals surface area contributed by atoms with Gasteiger partial charge < -0.3 is 14.6 Å². The van der Waals surface area contributed by atoms with Gasteiger partial charge in [-0.15, -0.1) is 10.2 Å². The van der Waals surface area contributed by atoms with Crippen LogP contribution in [0.5, 0.6) is 0 Å². The minimum atomic E-state index is -0.466. The van der Waals surface area contributed by atoms with Gasteiger partial charge in [-0.2, -0.15) is 0 Å². The number of amides is 2. The summed E-state index contributed by atoms with van der Waals surface area (Å²) in [5.41, 5.74) is 0.340. The van der Waals surface area contributed by atoms with Gasteiger partial charge in [-0.3, -0.25) is 9.59 Å². The molecule has 1 aromatic carbocycles. The number of halogens is 1. The molecule has 3 heterocycles. The maximum Gasteiger partial charge on any atom is 0.290 e. The Bertz CT molecular complexity index is 973. The van der Waals surface area contributed by atoms with Crippen molar-refractivity contribution >= 4 is 28.8 Å². The molecule has 2 amide bonds. The standard InChI is InChI=1S/C18H15FN4O3S/c19-11-4-1-5-12(10-11)20-15(24)17-22-21-16(27-17)13-6-2-8-23(13)18(25)14-7-3-9-26-14/h1,3-5,7,9-10,13H,2,6,8H2,(H,20,24)/t13-/m1/s1. The predicted octanol–water partition coefficient (Wildman–Crippen LogP) is 3.50. The number of benzene rings is 1. The Labute approximate surface area is 157 Å². The molecular weight excluding hydrogens is 371 g/mol. The molecule has 0 spiro atoms. The number of likely N-dealkylation sites (tertiary alicyclic amines) is 1. The molecule has 1 atom stereocenters. The van der Waals surface area contributed by atoms with Crippen LogP contribution in [0.3, 0.4) is 0 Å².